The molecular formula is C40H50O4. The van der Waals surface area contributed by atoms with Crippen LogP contribution in [0.2, 0.25) is 0 Å². The van der Waals surface area contributed by atoms with Gasteiger partial charge >= 0.3 is 11.9 Å². The highest BCUT2D eigenvalue weighted by molar-refractivity contribution is 5.80. The average molecular weight is 595 g/mol. The van der Waals surface area contributed by atoms with Gasteiger partial charge in [0.1, 0.15) is 12.2 Å². The second kappa shape index (κ2) is 12.3. The lowest BCUT2D eigenvalue weighted by Gasteiger charge is -2.62. The van der Waals surface area contributed by atoms with Crippen LogP contribution in [0.25, 0.3) is 5.57 Å². The molecule has 0 aromatic heterocycles. The van der Waals surface area contributed by atoms with E-state index in [1.807, 2.05) is 0 Å². The van der Waals surface area contributed by atoms with Gasteiger partial charge in [-0.2, -0.15) is 0 Å². The van der Waals surface area contributed by atoms with E-state index in [1.165, 1.54) is 48.5 Å². The molecule has 2 aromatic rings. The van der Waals surface area contributed by atoms with Crippen LogP contribution in [-0.4, -0.2) is 24.1 Å². The maximum atomic E-state index is 12.6. The van der Waals surface area contributed by atoms with E-state index in [9.17, 15) is 9.59 Å². The van der Waals surface area contributed by atoms with Crippen molar-refractivity contribution in [2.75, 3.05) is 0 Å². The molecule has 0 amide bonds. The topological polar surface area (TPSA) is 52.6 Å². The second-order valence-corrected chi connectivity index (χ2v) is 14.7. The van der Waals surface area contributed by atoms with Crippen molar-refractivity contribution in [2.45, 2.75) is 98.2 Å². The summed E-state index contributed by atoms with van der Waals surface area (Å²) < 4.78 is 12.0. The van der Waals surface area contributed by atoms with E-state index in [1.54, 1.807) is 6.92 Å². The van der Waals surface area contributed by atoms with Crippen LogP contribution in [0.4, 0.5) is 0 Å². The fraction of sp³-hybridized carbons (Fsp3) is 0.550. The van der Waals surface area contributed by atoms with Crippen LogP contribution >= 0.6 is 0 Å². The third kappa shape index (κ3) is 5.59. The minimum atomic E-state index is -0.162. The van der Waals surface area contributed by atoms with Crippen LogP contribution in [0.1, 0.15) is 97.1 Å². The maximum absolute atomic E-state index is 12.6. The summed E-state index contributed by atoms with van der Waals surface area (Å²) in [5, 5.41) is 0. The molecule has 6 rings (SSSR count). The predicted molar refractivity (Wildman–Crippen MR) is 175 cm³/mol. The first-order valence-electron chi connectivity index (χ1n) is 16.9. The minimum Gasteiger partial charge on any atom is -0.463 e. The van der Waals surface area contributed by atoms with Gasteiger partial charge in [-0.15, -0.1) is 0 Å². The van der Waals surface area contributed by atoms with Crippen molar-refractivity contribution < 1.29 is 19.1 Å². The van der Waals surface area contributed by atoms with E-state index < -0.39 is 0 Å². The number of hydrogen-bond acceptors (Lipinski definition) is 4. The number of hydrogen-bond donors (Lipinski definition) is 0. The van der Waals surface area contributed by atoms with E-state index in [0.717, 1.165) is 32.1 Å². The largest absolute Gasteiger partial charge is 0.463 e. The van der Waals surface area contributed by atoms with Gasteiger partial charge in [-0.05, 0) is 110 Å². The number of benzene rings is 2. The van der Waals surface area contributed by atoms with Crippen molar-refractivity contribution in [1.29, 1.82) is 0 Å². The fourth-order valence-electron chi connectivity index (χ4n) is 10.5. The van der Waals surface area contributed by atoms with Crippen LogP contribution in [0.5, 0.6) is 0 Å². The van der Waals surface area contributed by atoms with Gasteiger partial charge in [0.15, 0.2) is 0 Å². The molecule has 9 atom stereocenters. The molecule has 2 aromatic carbocycles. The van der Waals surface area contributed by atoms with Crippen LogP contribution in [0.15, 0.2) is 78.4 Å². The third-order valence-electron chi connectivity index (χ3n) is 12.6. The first kappa shape index (κ1) is 30.9. The molecule has 0 unspecified atom stereocenters. The number of carbonyl (C=O) groups is 2. The molecule has 44 heavy (non-hydrogen) atoms. The van der Waals surface area contributed by atoms with Gasteiger partial charge in [-0.1, -0.05) is 92.2 Å². The number of allylic oxidation sites excluding steroid dienone is 3. The molecule has 4 nitrogen and oxygen atoms in total. The minimum absolute atomic E-state index is 0.0496. The summed E-state index contributed by atoms with van der Waals surface area (Å²) in [5.74, 6) is 2.32. The third-order valence-corrected chi connectivity index (χ3v) is 12.6. The molecule has 4 aliphatic carbocycles. The standard InChI is InChI=1S/C40H50O4/c1-26(16-18-33(29-12-8-6-9-13-29)30-14-10-7-11-15-30)35-20-21-36-34-19-17-31-24-32(43-27(2)41)22-23-39(31,4)37(34)25-38(40(35,36)5)44-28(3)42/h6-16,18,31-32,34-38H,17,19-25H2,1-5H3/b26-16+/t31-,32-,34+,35-,36+,37+,38+,39+,40-/m0/s1. The molecule has 234 valence electrons. The zero-order valence-electron chi connectivity index (χ0n) is 27.3. The Hall–Kier alpha value is -3.14. The van der Waals surface area contributed by atoms with Gasteiger partial charge in [0, 0.05) is 19.3 Å². The van der Waals surface area contributed by atoms with Crippen LogP contribution in [0, 0.1) is 40.4 Å². The van der Waals surface area contributed by atoms with Crippen LogP contribution in [0.3, 0.4) is 0 Å². The highest BCUT2D eigenvalue weighted by atomic mass is 16.5. The first-order valence-corrected chi connectivity index (χ1v) is 16.9. The Kier molecular flexibility index (Phi) is 8.65. The smallest absolute Gasteiger partial charge is 0.302 e. The maximum Gasteiger partial charge on any atom is 0.302 e. The summed E-state index contributed by atoms with van der Waals surface area (Å²) in [6, 6.07) is 21.3. The summed E-state index contributed by atoms with van der Waals surface area (Å²) in [6.45, 7) is 10.4. The van der Waals surface area contributed by atoms with Gasteiger partial charge in [-0.25, -0.2) is 0 Å². The van der Waals surface area contributed by atoms with Gasteiger partial charge in [0.25, 0.3) is 0 Å². The van der Waals surface area contributed by atoms with Crippen LogP contribution < -0.4 is 0 Å². The Morgan fingerprint density at radius 3 is 1.98 bits per heavy atom. The lowest BCUT2D eigenvalue weighted by atomic mass is 9.44. The Morgan fingerprint density at radius 1 is 0.727 bits per heavy atom. The molecular weight excluding hydrogens is 544 g/mol. The second-order valence-electron chi connectivity index (χ2n) is 14.7. The number of ether oxygens (including phenoxy) is 2. The van der Waals surface area contributed by atoms with Crippen molar-refractivity contribution in [2.24, 2.45) is 40.4 Å². The number of fused-ring (bicyclic) bond motifs is 5. The molecule has 4 aliphatic rings. The lowest BCUT2D eigenvalue weighted by molar-refractivity contribution is -0.193. The average Bonchev–Trinajstić information content (AvgIpc) is 3.37. The van der Waals surface area contributed by atoms with Crippen molar-refractivity contribution in [3.63, 3.8) is 0 Å². The van der Waals surface area contributed by atoms with Crippen molar-refractivity contribution >= 4 is 17.5 Å². The normalized spacial score (nSPS) is 36.3. The van der Waals surface area contributed by atoms with Gasteiger partial charge in [-0.3, -0.25) is 9.59 Å². The molecule has 0 aliphatic heterocycles. The van der Waals surface area contributed by atoms with Gasteiger partial charge in [0.2, 0.25) is 0 Å². The van der Waals surface area contributed by atoms with Gasteiger partial charge < -0.3 is 9.47 Å². The Morgan fingerprint density at radius 2 is 1.36 bits per heavy atom. The van der Waals surface area contributed by atoms with E-state index in [-0.39, 0.29) is 35.0 Å². The van der Waals surface area contributed by atoms with Crippen molar-refractivity contribution in [3.05, 3.63) is 89.5 Å². The molecule has 0 radical (unpaired) electrons. The molecule has 4 heteroatoms. The first-order chi connectivity index (χ1) is 21.1. The molecule has 0 saturated heterocycles. The quantitative estimate of drug-likeness (QED) is 0.247. The Bertz CT molecular complexity index is 1370. The summed E-state index contributed by atoms with van der Waals surface area (Å²) in [7, 11) is 0. The summed E-state index contributed by atoms with van der Waals surface area (Å²) >= 11 is 0. The predicted octanol–water partition coefficient (Wildman–Crippen LogP) is 9.20. The Balaban J connectivity index is 1.31. The highest BCUT2D eigenvalue weighted by Gasteiger charge is 2.64. The van der Waals surface area contributed by atoms with Crippen molar-refractivity contribution in [1.82, 2.24) is 0 Å². The molecule has 0 N–H and O–H groups in total. The summed E-state index contributed by atoms with van der Waals surface area (Å²) in [4.78, 5) is 24.3. The summed E-state index contributed by atoms with van der Waals surface area (Å²) in [6.07, 6.45) is 13.3. The van der Waals surface area contributed by atoms with Crippen LogP contribution in [-0.2, 0) is 19.1 Å². The fourth-order valence-corrected chi connectivity index (χ4v) is 10.5. The number of esters is 2. The molecule has 4 saturated carbocycles. The van der Waals surface area contributed by atoms with E-state index in [4.69, 9.17) is 9.47 Å². The summed E-state index contributed by atoms with van der Waals surface area (Å²) in [5.41, 5.74) is 5.15. The molecule has 0 heterocycles. The zero-order chi connectivity index (χ0) is 31.1. The van der Waals surface area contributed by atoms with E-state index >= 15 is 0 Å². The monoisotopic (exact) mass is 594 g/mol. The number of rotatable bonds is 6. The van der Waals surface area contributed by atoms with Crippen molar-refractivity contribution in [3.8, 4) is 0 Å². The zero-order valence-corrected chi connectivity index (χ0v) is 27.3. The lowest BCUT2D eigenvalue weighted by Crippen LogP contribution is -2.59. The van der Waals surface area contributed by atoms with E-state index in [0.29, 0.717) is 29.6 Å². The van der Waals surface area contributed by atoms with E-state index in [2.05, 4.69) is 93.6 Å². The molecule has 0 spiro atoms. The van der Waals surface area contributed by atoms with Gasteiger partial charge in [0.05, 0.1) is 0 Å². The highest BCUT2D eigenvalue weighted by Crippen LogP contribution is 2.68. The Labute approximate surface area is 264 Å². The SMILES string of the molecule is CC(=O)O[C@H]1CC[C@]2(C)[C@@H](CC[C@H]3[C@H]2C[C@@H](OC(C)=O)[C@]2(C)[C@@H]3CC[C@H]2/C(C)=C/C=C(c2ccccc2)c2ccccc2)C1. The number of carbonyl (C=O) groups excluding carboxylic acids is 2. The molecule has 4 fully saturated rings. The molecule has 0 bridgehead atoms.